The Bertz CT molecular complexity index is 929. The Balaban J connectivity index is 1.54. The molecule has 3 aromatic rings. The summed E-state index contributed by atoms with van der Waals surface area (Å²) in [5.41, 5.74) is 6.63. The first-order valence-electron chi connectivity index (χ1n) is 8.65. The van der Waals surface area contributed by atoms with Crippen LogP contribution < -0.4 is 5.32 Å². The summed E-state index contributed by atoms with van der Waals surface area (Å²) in [6.45, 7) is 1.94. The molecule has 0 fully saturated rings. The number of nitrogens with zero attached hydrogens (tertiary/aromatic N) is 1. The van der Waals surface area contributed by atoms with Crippen LogP contribution in [0.5, 0.6) is 0 Å². The van der Waals surface area contributed by atoms with Crippen molar-refractivity contribution < 1.29 is 4.79 Å². The summed E-state index contributed by atoms with van der Waals surface area (Å²) in [7, 11) is 0. The summed E-state index contributed by atoms with van der Waals surface area (Å²) < 4.78 is 0. The second-order valence-electron chi connectivity index (χ2n) is 6.50. The molecule has 126 valence electrons. The number of anilines is 1. The average Bonchev–Trinajstić information content (AvgIpc) is 3.10. The summed E-state index contributed by atoms with van der Waals surface area (Å²) in [4.78, 5) is 17.0. The second kappa shape index (κ2) is 6.81. The highest BCUT2D eigenvalue weighted by Crippen LogP contribution is 2.29. The van der Waals surface area contributed by atoms with E-state index >= 15 is 0 Å². The molecular weight excluding hydrogens is 328 g/mol. The number of aromatic nitrogens is 1. The predicted molar refractivity (Wildman–Crippen MR) is 103 cm³/mol. The molecule has 1 amide bonds. The molecule has 0 bridgehead atoms. The van der Waals surface area contributed by atoms with E-state index < -0.39 is 0 Å². The second-order valence-corrected chi connectivity index (χ2v) is 7.36. The van der Waals surface area contributed by atoms with Gasteiger partial charge in [0, 0.05) is 16.5 Å². The highest BCUT2D eigenvalue weighted by Gasteiger charge is 2.14. The smallest absolute Gasteiger partial charge is 0.257 e. The van der Waals surface area contributed by atoms with Crippen LogP contribution in [0.25, 0.3) is 11.3 Å². The zero-order chi connectivity index (χ0) is 17.2. The molecule has 0 radical (unpaired) electrons. The Morgan fingerprint density at radius 2 is 1.88 bits per heavy atom. The van der Waals surface area contributed by atoms with Gasteiger partial charge in [-0.3, -0.25) is 10.1 Å². The van der Waals surface area contributed by atoms with E-state index in [0.29, 0.717) is 10.7 Å². The minimum absolute atomic E-state index is 0.107. The monoisotopic (exact) mass is 348 g/mol. The van der Waals surface area contributed by atoms with E-state index in [4.69, 9.17) is 0 Å². The molecule has 1 heterocycles. The number of carbonyl (C=O) groups excluding carboxylic acids is 1. The van der Waals surface area contributed by atoms with E-state index in [1.54, 1.807) is 0 Å². The lowest BCUT2D eigenvalue weighted by atomic mass is 9.90. The molecule has 25 heavy (non-hydrogen) atoms. The third kappa shape index (κ3) is 3.35. The fraction of sp³-hybridized carbons (Fsp3) is 0.238. The van der Waals surface area contributed by atoms with E-state index in [1.165, 1.54) is 41.7 Å². The molecule has 1 aliphatic carbocycles. The Morgan fingerprint density at radius 1 is 1.08 bits per heavy atom. The lowest BCUT2D eigenvalue weighted by Crippen LogP contribution is -2.13. The maximum absolute atomic E-state index is 12.4. The average molecular weight is 348 g/mol. The van der Waals surface area contributed by atoms with Crippen molar-refractivity contribution in [3.63, 3.8) is 0 Å². The van der Waals surface area contributed by atoms with E-state index in [2.05, 4.69) is 28.5 Å². The standard InChI is InChI=1S/C21H20N2OS/c1-14-6-2-5-9-18(14)20(24)23-21-22-19(13-25-21)17-11-10-15-7-3-4-8-16(15)12-17/h2,5-6,9-13H,3-4,7-8H2,1H3,(H,22,23,24). The number of aryl methyl sites for hydroxylation is 3. The first-order valence-corrected chi connectivity index (χ1v) is 9.53. The van der Waals surface area contributed by atoms with Gasteiger partial charge in [-0.2, -0.15) is 0 Å². The largest absolute Gasteiger partial charge is 0.298 e. The Kier molecular flexibility index (Phi) is 4.36. The fourth-order valence-corrected chi connectivity index (χ4v) is 4.06. The number of hydrogen-bond acceptors (Lipinski definition) is 3. The zero-order valence-electron chi connectivity index (χ0n) is 14.2. The van der Waals surface area contributed by atoms with E-state index in [9.17, 15) is 4.79 Å². The Labute approximate surface area is 151 Å². The van der Waals surface area contributed by atoms with Gasteiger partial charge in [-0.1, -0.05) is 30.3 Å². The third-order valence-electron chi connectivity index (χ3n) is 4.76. The Morgan fingerprint density at radius 3 is 2.72 bits per heavy atom. The molecule has 1 aliphatic rings. The van der Waals surface area contributed by atoms with Crippen molar-refractivity contribution in [2.24, 2.45) is 0 Å². The van der Waals surface area contributed by atoms with Crippen LogP contribution in [0.15, 0.2) is 47.8 Å². The van der Waals surface area contributed by atoms with Gasteiger partial charge >= 0.3 is 0 Å². The molecule has 1 N–H and O–H groups in total. The fourth-order valence-electron chi connectivity index (χ4n) is 3.35. The molecule has 0 unspecified atom stereocenters. The Hall–Kier alpha value is -2.46. The normalized spacial score (nSPS) is 13.3. The number of fused-ring (bicyclic) bond motifs is 1. The molecule has 0 aliphatic heterocycles. The van der Waals surface area contributed by atoms with Crippen LogP contribution in [0.2, 0.25) is 0 Å². The minimum atomic E-state index is -0.107. The summed E-state index contributed by atoms with van der Waals surface area (Å²) in [6, 6.07) is 14.2. The minimum Gasteiger partial charge on any atom is -0.298 e. The van der Waals surface area contributed by atoms with Crippen LogP contribution in [0, 0.1) is 6.92 Å². The van der Waals surface area contributed by atoms with Gasteiger partial charge in [0.1, 0.15) is 0 Å². The molecule has 4 heteroatoms. The number of rotatable bonds is 3. The van der Waals surface area contributed by atoms with Crippen LogP contribution in [0.4, 0.5) is 5.13 Å². The quantitative estimate of drug-likeness (QED) is 0.702. The van der Waals surface area contributed by atoms with Crippen molar-refractivity contribution in [1.82, 2.24) is 4.98 Å². The van der Waals surface area contributed by atoms with Crippen molar-refractivity contribution in [2.75, 3.05) is 5.32 Å². The highest BCUT2D eigenvalue weighted by molar-refractivity contribution is 7.14. The van der Waals surface area contributed by atoms with Crippen LogP contribution in [0.1, 0.15) is 39.9 Å². The molecule has 3 nitrogen and oxygen atoms in total. The highest BCUT2D eigenvalue weighted by atomic mass is 32.1. The molecule has 2 aromatic carbocycles. The van der Waals surface area contributed by atoms with Crippen molar-refractivity contribution in [3.05, 3.63) is 70.1 Å². The first-order chi connectivity index (χ1) is 12.2. The maximum atomic E-state index is 12.4. The van der Waals surface area contributed by atoms with Crippen molar-refractivity contribution in [2.45, 2.75) is 32.6 Å². The van der Waals surface area contributed by atoms with Crippen LogP contribution in [-0.4, -0.2) is 10.9 Å². The van der Waals surface area contributed by atoms with Gasteiger partial charge in [0.15, 0.2) is 5.13 Å². The van der Waals surface area contributed by atoms with Gasteiger partial charge in [0.25, 0.3) is 5.91 Å². The zero-order valence-corrected chi connectivity index (χ0v) is 15.0. The van der Waals surface area contributed by atoms with E-state index in [0.717, 1.165) is 23.2 Å². The molecule has 4 rings (SSSR count). The van der Waals surface area contributed by atoms with Gasteiger partial charge in [0.05, 0.1) is 5.69 Å². The molecule has 0 atom stereocenters. The van der Waals surface area contributed by atoms with Crippen molar-refractivity contribution in [1.29, 1.82) is 0 Å². The number of hydrogen-bond donors (Lipinski definition) is 1. The van der Waals surface area contributed by atoms with Gasteiger partial charge in [-0.15, -0.1) is 11.3 Å². The molecule has 0 saturated carbocycles. The van der Waals surface area contributed by atoms with Crippen molar-refractivity contribution in [3.8, 4) is 11.3 Å². The summed E-state index contributed by atoms with van der Waals surface area (Å²) in [5.74, 6) is -0.107. The maximum Gasteiger partial charge on any atom is 0.257 e. The number of benzene rings is 2. The third-order valence-corrected chi connectivity index (χ3v) is 5.52. The number of carbonyl (C=O) groups is 1. The van der Waals surface area contributed by atoms with Crippen LogP contribution in [-0.2, 0) is 12.8 Å². The predicted octanol–water partition coefficient (Wildman–Crippen LogP) is 5.25. The van der Waals surface area contributed by atoms with Gasteiger partial charge in [0.2, 0.25) is 0 Å². The summed E-state index contributed by atoms with van der Waals surface area (Å²) >= 11 is 1.47. The molecular formula is C21H20N2OS. The van der Waals surface area contributed by atoms with E-state index in [1.807, 2.05) is 36.6 Å². The van der Waals surface area contributed by atoms with Gasteiger partial charge in [-0.25, -0.2) is 4.98 Å². The topological polar surface area (TPSA) is 42.0 Å². The lowest BCUT2D eigenvalue weighted by molar-refractivity contribution is 0.102. The molecule has 0 saturated heterocycles. The first kappa shape index (κ1) is 16.0. The number of nitrogens with one attached hydrogen (secondary N) is 1. The molecule has 0 spiro atoms. The molecule has 1 aromatic heterocycles. The summed E-state index contributed by atoms with van der Waals surface area (Å²) in [6.07, 6.45) is 4.90. The number of thiazole rings is 1. The van der Waals surface area contributed by atoms with Crippen LogP contribution in [0.3, 0.4) is 0 Å². The SMILES string of the molecule is Cc1ccccc1C(=O)Nc1nc(-c2ccc3c(c2)CCCC3)cs1. The lowest BCUT2D eigenvalue weighted by Gasteiger charge is -2.16. The van der Waals surface area contributed by atoms with Gasteiger partial charge in [-0.05, 0) is 61.4 Å². The van der Waals surface area contributed by atoms with Crippen molar-refractivity contribution >= 4 is 22.4 Å². The van der Waals surface area contributed by atoms with Crippen LogP contribution >= 0.6 is 11.3 Å². The van der Waals surface area contributed by atoms with Gasteiger partial charge < -0.3 is 0 Å². The summed E-state index contributed by atoms with van der Waals surface area (Å²) in [5, 5.41) is 5.57. The number of amides is 1. The van der Waals surface area contributed by atoms with E-state index in [-0.39, 0.29) is 5.91 Å².